The van der Waals surface area contributed by atoms with Gasteiger partial charge in [0.2, 0.25) is 0 Å². The molecule has 0 unspecified atom stereocenters. The second-order valence-corrected chi connectivity index (χ2v) is 15.4. The fraction of sp³-hybridized carbons (Fsp3) is 0. The minimum absolute atomic E-state index is 0.571. The number of para-hydroxylation sites is 3. The summed E-state index contributed by atoms with van der Waals surface area (Å²) in [5.74, 6) is 1.81. The van der Waals surface area contributed by atoms with Gasteiger partial charge in [0.15, 0.2) is 17.5 Å². The molecule has 0 spiro atoms. The molecule has 8 aromatic carbocycles. The molecule has 0 aliphatic rings. The molecule has 12 aromatic rings. The van der Waals surface area contributed by atoms with Gasteiger partial charge in [0.1, 0.15) is 11.2 Å². The van der Waals surface area contributed by atoms with Crippen LogP contribution in [0.5, 0.6) is 0 Å². The molecule has 6 heteroatoms. The first-order chi connectivity index (χ1) is 28.3. The Bertz CT molecular complexity index is 3420. The molecule has 266 valence electrons. The lowest BCUT2D eigenvalue weighted by molar-refractivity contribution is 0.669. The minimum atomic E-state index is 0.571. The standard InChI is InChI=1S/C51H30N4OS/c1-3-14-31(15-4-1)49-52-50(32-16-5-2-6-17-32)54-51(53-49)40-24-12-21-37-41-30-33(28-29-45(41)56-46(37)40)34-20-11-22-38-39-23-13-27-44(48(39)57-47(34)38)55-42-25-9-7-18-35(42)36-19-8-10-26-43(36)55/h1-30H. The minimum Gasteiger partial charge on any atom is -0.455 e. The van der Waals surface area contributed by atoms with E-state index in [9.17, 15) is 0 Å². The van der Waals surface area contributed by atoms with E-state index in [0.717, 1.165) is 44.2 Å². The molecule has 12 rings (SSSR count). The molecule has 4 aromatic heterocycles. The fourth-order valence-electron chi connectivity index (χ4n) is 8.46. The number of hydrogen-bond acceptors (Lipinski definition) is 5. The third-order valence-corrected chi connectivity index (χ3v) is 12.3. The summed E-state index contributed by atoms with van der Waals surface area (Å²) in [6.45, 7) is 0. The number of nitrogens with zero attached hydrogens (tertiary/aromatic N) is 4. The highest BCUT2D eigenvalue weighted by molar-refractivity contribution is 7.26. The van der Waals surface area contributed by atoms with Crippen LogP contribution in [-0.2, 0) is 0 Å². The lowest BCUT2D eigenvalue weighted by Gasteiger charge is -2.09. The molecular weight excluding hydrogens is 717 g/mol. The summed E-state index contributed by atoms with van der Waals surface area (Å²) in [7, 11) is 0. The maximum atomic E-state index is 6.68. The molecular formula is C51H30N4OS. The van der Waals surface area contributed by atoms with Crippen LogP contribution in [0.25, 0.3) is 115 Å². The predicted molar refractivity (Wildman–Crippen MR) is 236 cm³/mol. The number of hydrogen-bond donors (Lipinski definition) is 0. The summed E-state index contributed by atoms with van der Waals surface area (Å²) in [6.07, 6.45) is 0. The van der Waals surface area contributed by atoms with Crippen LogP contribution in [0.2, 0.25) is 0 Å². The smallest absolute Gasteiger partial charge is 0.167 e. The Morgan fingerprint density at radius 2 is 0.930 bits per heavy atom. The lowest BCUT2D eigenvalue weighted by Crippen LogP contribution is -2.00. The Morgan fingerprint density at radius 3 is 1.61 bits per heavy atom. The van der Waals surface area contributed by atoms with Gasteiger partial charge in [-0.05, 0) is 47.5 Å². The van der Waals surface area contributed by atoms with Crippen molar-refractivity contribution < 1.29 is 4.42 Å². The van der Waals surface area contributed by atoms with Crippen LogP contribution in [0.1, 0.15) is 0 Å². The predicted octanol–water partition coefficient (Wildman–Crippen LogP) is 13.9. The molecule has 0 bridgehead atoms. The summed E-state index contributed by atoms with van der Waals surface area (Å²) in [6, 6.07) is 63.7. The van der Waals surface area contributed by atoms with E-state index in [-0.39, 0.29) is 0 Å². The van der Waals surface area contributed by atoms with Gasteiger partial charge < -0.3 is 8.98 Å². The summed E-state index contributed by atoms with van der Waals surface area (Å²) in [4.78, 5) is 14.9. The maximum absolute atomic E-state index is 6.68. The Kier molecular flexibility index (Phi) is 7.03. The third kappa shape index (κ3) is 4.98. The van der Waals surface area contributed by atoms with Gasteiger partial charge >= 0.3 is 0 Å². The molecule has 0 amide bonds. The van der Waals surface area contributed by atoms with Crippen molar-refractivity contribution in [3.8, 4) is 51.0 Å². The van der Waals surface area contributed by atoms with E-state index in [0.29, 0.717) is 17.5 Å². The van der Waals surface area contributed by atoms with Gasteiger partial charge in [-0.25, -0.2) is 15.0 Å². The fourth-order valence-corrected chi connectivity index (χ4v) is 9.80. The Hall–Kier alpha value is -7.41. The van der Waals surface area contributed by atoms with E-state index >= 15 is 0 Å². The number of rotatable bonds is 5. The van der Waals surface area contributed by atoms with Crippen molar-refractivity contribution >= 4 is 75.3 Å². The van der Waals surface area contributed by atoms with Crippen molar-refractivity contribution in [2.24, 2.45) is 0 Å². The lowest BCUT2D eigenvalue weighted by atomic mass is 10.00. The zero-order chi connectivity index (χ0) is 37.5. The third-order valence-electron chi connectivity index (χ3n) is 11.1. The van der Waals surface area contributed by atoms with E-state index < -0.39 is 0 Å². The molecule has 0 atom stereocenters. The van der Waals surface area contributed by atoms with Crippen LogP contribution in [0, 0.1) is 0 Å². The molecule has 0 aliphatic heterocycles. The summed E-state index contributed by atoms with van der Waals surface area (Å²) in [5, 5.41) is 7.11. The van der Waals surface area contributed by atoms with Crippen LogP contribution in [0.15, 0.2) is 186 Å². The van der Waals surface area contributed by atoms with E-state index in [1.165, 1.54) is 53.2 Å². The van der Waals surface area contributed by atoms with E-state index in [1.807, 2.05) is 78.1 Å². The van der Waals surface area contributed by atoms with Crippen molar-refractivity contribution in [2.45, 2.75) is 0 Å². The molecule has 0 saturated carbocycles. The van der Waals surface area contributed by atoms with Crippen LogP contribution in [-0.4, -0.2) is 19.5 Å². The van der Waals surface area contributed by atoms with Gasteiger partial charge in [0, 0.05) is 48.1 Å². The average Bonchev–Trinajstić information content (AvgIpc) is 3.96. The van der Waals surface area contributed by atoms with E-state index in [4.69, 9.17) is 19.4 Å². The van der Waals surface area contributed by atoms with Gasteiger partial charge in [0.05, 0.1) is 27.0 Å². The number of fused-ring (bicyclic) bond motifs is 9. The molecule has 0 saturated heterocycles. The highest BCUT2D eigenvalue weighted by atomic mass is 32.1. The van der Waals surface area contributed by atoms with Crippen molar-refractivity contribution in [3.63, 3.8) is 0 Å². The topological polar surface area (TPSA) is 56.7 Å². The van der Waals surface area contributed by atoms with Gasteiger partial charge in [-0.2, -0.15) is 0 Å². The normalized spacial score (nSPS) is 11.9. The maximum Gasteiger partial charge on any atom is 0.167 e. The van der Waals surface area contributed by atoms with Crippen LogP contribution in [0.4, 0.5) is 0 Å². The summed E-state index contributed by atoms with van der Waals surface area (Å²) >= 11 is 1.87. The Labute approximate surface area is 330 Å². The monoisotopic (exact) mass is 746 g/mol. The van der Waals surface area contributed by atoms with Crippen LogP contribution in [0.3, 0.4) is 0 Å². The van der Waals surface area contributed by atoms with Crippen LogP contribution >= 0.6 is 11.3 Å². The van der Waals surface area contributed by atoms with Crippen molar-refractivity contribution in [1.29, 1.82) is 0 Å². The van der Waals surface area contributed by atoms with E-state index in [1.54, 1.807) is 0 Å². The van der Waals surface area contributed by atoms with Gasteiger partial charge in [-0.1, -0.05) is 146 Å². The van der Waals surface area contributed by atoms with Crippen LogP contribution < -0.4 is 0 Å². The molecule has 57 heavy (non-hydrogen) atoms. The van der Waals surface area contributed by atoms with Crippen molar-refractivity contribution in [2.75, 3.05) is 0 Å². The van der Waals surface area contributed by atoms with Crippen molar-refractivity contribution in [3.05, 3.63) is 182 Å². The quantitative estimate of drug-likeness (QED) is 0.176. The number of thiophene rings is 1. The zero-order valence-electron chi connectivity index (χ0n) is 30.4. The Morgan fingerprint density at radius 1 is 0.386 bits per heavy atom. The molecule has 0 fully saturated rings. The highest BCUT2D eigenvalue weighted by Crippen LogP contribution is 2.45. The number of furan rings is 1. The molecule has 0 aliphatic carbocycles. The number of aromatic nitrogens is 4. The first-order valence-electron chi connectivity index (χ1n) is 19.0. The zero-order valence-corrected chi connectivity index (χ0v) is 31.2. The van der Waals surface area contributed by atoms with E-state index in [2.05, 4.69) is 120 Å². The van der Waals surface area contributed by atoms with Gasteiger partial charge in [0.25, 0.3) is 0 Å². The highest BCUT2D eigenvalue weighted by Gasteiger charge is 2.20. The molecule has 0 N–H and O–H groups in total. The summed E-state index contributed by atoms with van der Waals surface area (Å²) in [5.41, 5.74) is 10.2. The molecule has 4 heterocycles. The number of benzene rings is 8. The molecule has 0 radical (unpaired) electrons. The van der Waals surface area contributed by atoms with Gasteiger partial charge in [-0.3, -0.25) is 0 Å². The first kappa shape index (κ1) is 31.9. The largest absolute Gasteiger partial charge is 0.455 e. The van der Waals surface area contributed by atoms with Crippen molar-refractivity contribution in [1.82, 2.24) is 19.5 Å². The van der Waals surface area contributed by atoms with Gasteiger partial charge in [-0.15, -0.1) is 11.3 Å². The second kappa shape index (κ2) is 12.6. The second-order valence-electron chi connectivity index (χ2n) is 14.3. The SMILES string of the molecule is c1ccc(-c2nc(-c3ccccc3)nc(-c3cccc4c3oc3ccc(-c5cccc6c5sc5c(-n7c8ccccc8c8ccccc87)cccc56)cc34)n2)cc1. The molecule has 5 nitrogen and oxygen atoms in total. The summed E-state index contributed by atoms with van der Waals surface area (Å²) < 4.78 is 11.7. The first-order valence-corrected chi connectivity index (χ1v) is 19.8. The average molecular weight is 747 g/mol. The Balaban J connectivity index is 1.02.